The van der Waals surface area contributed by atoms with Crippen LogP contribution in [0, 0.1) is 5.92 Å². The van der Waals surface area contributed by atoms with Crippen molar-refractivity contribution in [2.75, 3.05) is 13.1 Å². The third kappa shape index (κ3) is 3.30. The van der Waals surface area contributed by atoms with Crippen LogP contribution in [0.2, 0.25) is 0 Å². The maximum absolute atomic E-state index is 12.9. The molecule has 2 fully saturated rings. The van der Waals surface area contributed by atoms with Crippen molar-refractivity contribution < 1.29 is 19.2 Å². The van der Waals surface area contributed by atoms with Crippen molar-refractivity contribution in [2.24, 2.45) is 5.92 Å². The van der Waals surface area contributed by atoms with Crippen molar-refractivity contribution in [2.45, 2.75) is 51.6 Å². The molecule has 0 aromatic heterocycles. The lowest BCUT2D eigenvalue weighted by Gasteiger charge is -2.31. The van der Waals surface area contributed by atoms with Crippen LogP contribution in [-0.2, 0) is 16.1 Å². The Bertz CT molecular complexity index is 842. The Morgan fingerprint density at radius 1 is 1.14 bits per heavy atom. The van der Waals surface area contributed by atoms with Crippen molar-refractivity contribution in [3.8, 4) is 0 Å². The van der Waals surface area contributed by atoms with Gasteiger partial charge < -0.3 is 9.80 Å². The number of rotatable bonds is 3. The predicted octanol–water partition coefficient (Wildman–Crippen LogP) is 1.71. The van der Waals surface area contributed by atoms with E-state index in [1.165, 1.54) is 4.90 Å². The normalized spacial score (nSPS) is 23.0. The van der Waals surface area contributed by atoms with Gasteiger partial charge in [0, 0.05) is 37.2 Å². The van der Waals surface area contributed by atoms with Crippen LogP contribution in [0.1, 0.15) is 65.3 Å². The lowest BCUT2D eigenvalue weighted by molar-refractivity contribution is -0.136. The minimum atomic E-state index is -0.634. The Morgan fingerprint density at radius 2 is 1.89 bits per heavy atom. The molecule has 0 saturated carbocycles. The average molecular weight is 383 g/mol. The molecule has 1 atom stereocenters. The van der Waals surface area contributed by atoms with Crippen molar-refractivity contribution in [1.82, 2.24) is 15.1 Å². The third-order valence-electron chi connectivity index (χ3n) is 6.25. The molecule has 1 aromatic carbocycles. The number of amides is 4. The first kappa shape index (κ1) is 18.7. The van der Waals surface area contributed by atoms with Gasteiger partial charge >= 0.3 is 0 Å². The van der Waals surface area contributed by atoms with Gasteiger partial charge in [-0.2, -0.15) is 0 Å². The second kappa shape index (κ2) is 7.37. The minimum absolute atomic E-state index is 0.0374. The minimum Gasteiger partial charge on any atom is -0.339 e. The van der Waals surface area contributed by atoms with E-state index in [9.17, 15) is 19.2 Å². The molecular weight excluding hydrogens is 358 g/mol. The Labute approximate surface area is 164 Å². The fourth-order valence-electron chi connectivity index (χ4n) is 4.41. The summed E-state index contributed by atoms with van der Waals surface area (Å²) in [5.74, 6) is -0.321. The first-order valence-corrected chi connectivity index (χ1v) is 10.0. The molecule has 0 spiro atoms. The first-order valence-electron chi connectivity index (χ1n) is 10.0. The zero-order valence-corrected chi connectivity index (χ0v) is 16.1. The van der Waals surface area contributed by atoms with Crippen LogP contribution in [0.4, 0.5) is 0 Å². The molecule has 2 saturated heterocycles. The van der Waals surface area contributed by atoms with E-state index in [2.05, 4.69) is 12.2 Å². The summed E-state index contributed by atoms with van der Waals surface area (Å²) in [7, 11) is 0. The summed E-state index contributed by atoms with van der Waals surface area (Å²) >= 11 is 0. The van der Waals surface area contributed by atoms with Gasteiger partial charge in [0.2, 0.25) is 11.8 Å². The second-order valence-corrected chi connectivity index (χ2v) is 7.92. The van der Waals surface area contributed by atoms with Crippen LogP contribution in [0.5, 0.6) is 0 Å². The summed E-state index contributed by atoms with van der Waals surface area (Å²) in [5, 5.41) is 2.30. The smallest absolute Gasteiger partial charge is 0.255 e. The molecule has 3 aliphatic rings. The quantitative estimate of drug-likeness (QED) is 0.805. The highest BCUT2D eigenvalue weighted by molar-refractivity contribution is 6.06. The summed E-state index contributed by atoms with van der Waals surface area (Å²) in [6.07, 6.45) is 3.76. The summed E-state index contributed by atoms with van der Waals surface area (Å²) in [5.41, 5.74) is 1.82. The number of nitrogens with one attached hydrogen (secondary N) is 1. The third-order valence-corrected chi connectivity index (χ3v) is 6.25. The van der Waals surface area contributed by atoms with E-state index in [1.807, 2.05) is 11.0 Å². The molecule has 7 heteroatoms. The number of imide groups is 1. The SMILES string of the molecule is CCC1CCN(C(=O)c2ccc3c(c2)C(=O)N(C2CCC(=O)NC2=O)C3)CC1. The second-order valence-electron chi connectivity index (χ2n) is 7.92. The number of nitrogens with zero attached hydrogens (tertiary/aromatic N) is 2. The Hall–Kier alpha value is -2.70. The van der Waals surface area contributed by atoms with Gasteiger partial charge in [-0.05, 0) is 42.9 Å². The molecule has 4 rings (SSSR count). The predicted molar refractivity (Wildman–Crippen MR) is 101 cm³/mol. The van der Waals surface area contributed by atoms with E-state index in [4.69, 9.17) is 0 Å². The summed E-state index contributed by atoms with van der Waals surface area (Å²) in [6.45, 7) is 4.02. The van der Waals surface area contributed by atoms with E-state index in [-0.39, 0.29) is 24.1 Å². The van der Waals surface area contributed by atoms with E-state index in [1.54, 1.807) is 12.1 Å². The van der Waals surface area contributed by atoms with E-state index < -0.39 is 11.9 Å². The van der Waals surface area contributed by atoms with E-state index in [0.29, 0.717) is 30.0 Å². The maximum Gasteiger partial charge on any atom is 0.255 e. The van der Waals surface area contributed by atoms with Crippen molar-refractivity contribution in [3.63, 3.8) is 0 Å². The molecule has 1 N–H and O–H groups in total. The standard InChI is InChI=1S/C21H25N3O4/c1-2-13-7-9-23(10-8-13)20(27)14-3-4-15-12-24(21(28)16(15)11-14)17-5-6-18(25)22-19(17)26/h3-4,11,13,17H,2,5-10,12H2,1H3,(H,22,25,26). The molecule has 3 heterocycles. The first-order chi connectivity index (χ1) is 13.5. The molecule has 28 heavy (non-hydrogen) atoms. The van der Waals surface area contributed by atoms with Gasteiger partial charge in [-0.15, -0.1) is 0 Å². The van der Waals surface area contributed by atoms with Gasteiger partial charge in [0.05, 0.1) is 0 Å². The maximum atomic E-state index is 12.9. The number of fused-ring (bicyclic) bond motifs is 1. The largest absolute Gasteiger partial charge is 0.339 e. The molecule has 0 radical (unpaired) electrons. The number of likely N-dealkylation sites (tertiary alicyclic amines) is 1. The summed E-state index contributed by atoms with van der Waals surface area (Å²) < 4.78 is 0. The lowest BCUT2D eigenvalue weighted by Crippen LogP contribution is -2.52. The zero-order valence-electron chi connectivity index (χ0n) is 16.1. The topological polar surface area (TPSA) is 86.8 Å². The number of piperidine rings is 2. The number of carbonyl (C=O) groups excluding carboxylic acids is 4. The van der Waals surface area contributed by atoms with Gasteiger partial charge in [-0.25, -0.2) is 0 Å². The summed E-state index contributed by atoms with van der Waals surface area (Å²) in [6, 6.07) is 4.61. The Balaban J connectivity index is 1.49. The summed E-state index contributed by atoms with van der Waals surface area (Å²) in [4.78, 5) is 52.6. The van der Waals surface area contributed by atoms with Crippen LogP contribution >= 0.6 is 0 Å². The monoisotopic (exact) mass is 383 g/mol. The molecule has 7 nitrogen and oxygen atoms in total. The van der Waals surface area contributed by atoms with Crippen molar-refractivity contribution >= 4 is 23.6 Å². The lowest BCUT2D eigenvalue weighted by atomic mass is 9.94. The number of benzene rings is 1. The fourth-order valence-corrected chi connectivity index (χ4v) is 4.41. The fraction of sp³-hybridized carbons (Fsp3) is 0.524. The molecular formula is C21H25N3O4. The van der Waals surface area contributed by atoms with Crippen molar-refractivity contribution in [3.05, 3.63) is 34.9 Å². The molecule has 148 valence electrons. The van der Waals surface area contributed by atoms with Gasteiger partial charge in [-0.3, -0.25) is 24.5 Å². The Morgan fingerprint density at radius 3 is 2.57 bits per heavy atom. The van der Waals surface area contributed by atoms with Crippen LogP contribution in [0.25, 0.3) is 0 Å². The molecule has 0 bridgehead atoms. The Kier molecular flexibility index (Phi) is 4.91. The zero-order chi connectivity index (χ0) is 19.8. The number of hydrogen-bond acceptors (Lipinski definition) is 4. The highest BCUT2D eigenvalue weighted by Crippen LogP contribution is 2.29. The van der Waals surface area contributed by atoms with E-state index in [0.717, 1.165) is 37.9 Å². The van der Waals surface area contributed by atoms with Crippen LogP contribution in [0.15, 0.2) is 18.2 Å². The average Bonchev–Trinajstić information content (AvgIpc) is 3.03. The van der Waals surface area contributed by atoms with Gasteiger partial charge in [-0.1, -0.05) is 19.4 Å². The molecule has 4 amide bonds. The number of carbonyl (C=O) groups is 4. The molecule has 3 aliphatic heterocycles. The highest BCUT2D eigenvalue weighted by Gasteiger charge is 2.39. The van der Waals surface area contributed by atoms with Gasteiger partial charge in [0.15, 0.2) is 0 Å². The van der Waals surface area contributed by atoms with Crippen LogP contribution in [-0.4, -0.2) is 52.6 Å². The molecule has 1 aromatic rings. The molecule has 0 aliphatic carbocycles. The van der Waals surface area contributed by atoms with Gasteiger partial charge in [0.1, 0.15) is 6.04 Å². The highest BCUT2D eigenvalue weighted by atomic mass is 16.2. The van der Waals surface area contributed by atoms with E-state index >= 15 is 0 Å². The van der Waals surface area contributed by atoms with Crippen molar-refractivity contribution in [1.29, 1.82) is 0 Å². The van der Waals surface area contributed by atoms with Crippen LogP contribution < -0.4 is 5.32 Å². The van der Waals surface area contributed by atoms with Crippen LogP contribution in [0.3, 0.4) is 0 Å². The number of hydrogen-bond donors (Lipinski definition) is 1. The van der Waals surface area contributed by atoms with Gasteiger partial charge in [0.25, 0.3) is 11.8 Å². The molecule has 1 unspecified atom stereocenters.